The van der Waals surface area contributed by atoms with Crippen LogP contribution in [0.3, 0.4) is 0 Å². The van der Waals surface area contributed by atoms with E-state index in [0.29, 0.717) is 62.8 Å². The van der Waals surface area contributed by atoms with E-state index in [-0.39, 0.29) is 29.6 Å². The van der Waals surface area contributed by atoms with Gasteiger partial charge in [-0.15, -0.1) is 0 Å². The smallest absolute Gasteiger partial charge is 0.410 e. The largest absolute Gasteiger partial charge is 0.489 e. The zero-order valence-electron chi connectivity index (χ0n) is 19.1. The molecule has 2 amide bonds. The van der Waals surface area contributed by atoms with Gasteiger partial charge in [-0.1, -0.05) is 0 Å². The molecular formula is C23H31N3O6. The highest BCUT2D eigenvalue weighted by Crippen LogP contribution is 2.35. The van der Waals surface area contributed by atoms with Crippen LogP contribution in [-0.4, -0.2) is 68.6 Å². The molecule has 0 bridgehead atoms. The normalized spacial score (nSPS) is 20.7. The summed E-state index contributed by atoms with van der Waals surface area (Å²) in [5.41, 5.74) is 0.0487. The number of carbonyl (C=O) groups excluding carboxylic acids is 2. The number of rotatable bonds is 4. The zero-order chi connectivity index (χ0) is 23.3. The van der Waals surface area contributed by atoms with Gasteiger partial charge in [-0.2, -0.15) is 5.26 Å². The number of methoxy groups -OCH3 is 1. The maximum Gasteiger partial charge on any atom is 0.410 e. The van der Waals surface area contributed by atoms with Crippen LogP contribution in [0.1, 0.15) is 49.5 Å². The van der Waals surface area contributed by atoms with Crippen LogP contribution in [0.15, 0.2) is 12.1 Å². The Morgan fingerprint density at radius 2 is 2.03 bits per heavy atom. The first-order chi connectivity index (χ1) is 15.2. The lowest BCUT2D eigenvalue weighted by Gasteiger charge is -2.38. The number of amides is 2. The number of nitrogens with one attached hydrogen (secondary N) is 1. The maximum absolute atomic E-state index is 13.0. The Hall–Kier alpha value is -2.99. The number of fused-ring (bicyclic) bond motifs is 1. The lowest BCUT2D eigenvalue weighted by Crippen LogP contribution is -2.51. The van der Waals surface area contributed by atoms with E-state index in [1.54, 1.807) is 18.1 Å². The quantitative estimate of drug-likeness (QED) is 0.759. The molecule has 0 saturated carbocycles. The standard InChI is InChI=1S/C23H31N3O6/c1-23(2,3)32-22(28)26-7-6-16(19(14-26)29-4)13-25-21(27)17-10-15(12-24)11-18-20(17)31-9-5-8-30-18/h10-11,16,19H,5-9,13-14H2,1-4H3,(H,25,27)/t16-,19+/m0/s1. The van der Waals surface area contributed by atoms with Gasteiger partial charge in [-0.05, 0) is 33.3 Å². The number of nitrogens with zero attached hydrogens (tertiary/aromatic N) is 2. The molecule has 2 heterocycles. The van der Waals surface area contributed by atoms with Gasteiger partial charge in [0.2, 0.25) is 0 Å². The number of hydrogen-bond donors (Lipinski definition) is 1. The van der Waals surface area contributed by atoms with Crippen molar-refractivity contribution in [1.82, 2.24) is 10.2 Å². The van der Waals surface area contributed by atoms with Crippen molar-refractivity contribution < 1.29 is 28.5 Å². The van der Waals surface area contributed by atoms with Gasteiger partial charge in [-0.25, -0.2) is 4.79 Å². The molecule has 9 heteroatoms. The van der Waals surface area contributed by atoms with Crippen LogP contribution in [0.4, 0.5) is 4.79 Å². The van der Waals surface area contributed by atoms with Gasteiger partial charge in [0.05, 0.1) is 43.1 Å². The third-order valence-electron chi connectivity index (χ3n) is 5.40. The Labute approximate surface area is 188 Å². The molecule has 1 aromatic rings. The second-order valence-electron chi connectivity index (χ2n) is 8.97. The fourth-order valence-corrected chi connectivity index (χ4v) is 3.78. The predicted octanol–water partition coefficient (Wildman–Crippen LogP) is 2.72. The van der Waals surface area contributed by atoms with Crippen molar-refractivity contribution in [3.8, 4) is 17.6 Å². The molecule has 0 aliphatic carbocycles. The second-order valence-corrected chi connectivity index (χ2v) is 8.97. The highest BCUT2D eigenvalue weighted by atomic mass is 16.6. The second kappa shape index (κ2) is 10.1. The average Bonchev–Trinajstić information content (AvgIpc) is 3.00. The zero-order valence-corrected chi connectivity index (χ0v) is 19.1. The summed E-state index contributed by atoms with van der Waals surface area (Å²) in [5.74, 6) is 0.458. The van der Waals surface area contributed by atoms with E-state index in [9.17, 15) is 14.9 Å². The highest BCUT2D eigenvalue weighted by Gasteiger charge is 2.34. The summed E-state index contributed by atoms with van der Waals surface area (Å²) in [5, 5.41) is 12.3. The molecular weight excluding hydrogens is 414 g/mol. The fraction of sp³-hybridized carbons (Fsp3) is 0.609. The summed E-state index contributed by atoms with van der Waals surface area (Å²) in [7, 11) is 1.60. The molecule has 9 nitrogen and oxygen atoms in total. The van der Waals surface area contributed by atoms with E-state index >= 15 is 0 Å². The van der Waals surface area contributed by atoms with Crippen LogP contribution >= 0.6 is 0 Å². The van der Waals surface area contributed by atoms with E-state index in [1.807, 2.05) is 20.8 Å². The molecule has 2 atom stereocenters. The van der Waals surface area contributed by atoms with Gasteiger partial charge in [0.1, 0.15) is 5.60 Å². The van der Waals surface area contributed by atoms with E-state index in [0.717, 1.165) is 0 Å². The first-order valence-electron chi connectivity index (χ1n) is 10.8. The molecule has 0 radical (unpaired) electrons. The SMILES string of the molecule is CO[C@@H]1CN(C(=O)OC(C)(C)C)CC[C@H]1CNC(=O)c1cc(C#N)cc2c1OCCCO2. The summed E-state index contributed by atoms with van der Waals surface area (Å²) in [6, 6.07) is 5.16. The molecule has 0 aromatic heterocycles. The molecule has 0 unspecified atom stereocenters. The number of ether oxygens (including phenoxy) is 4. The van der Waals surface area contributed by atoms with Crippen LogP contribution in [0.5, 0.6) is 11.5 Å². The van der Waals surface area contributed by atoms with Crippen molar-refractivity contribution in [2.75, 3.05) is 40.0 Å². The topological polar surface area (TPSA) is 110 Å². The summed E-state index contributed by atoms with van der Waals surface area (Å²) in [6.07, 6.45) is 0.756. The lowest BCUT2D eigenvalue weighted by molar-refractivity contribution is -0.0280. The van der Waals surface area contributed by atoms with Gasteiger partial charge in [-0.3, -0.25) is 4.79 Å². The predicted molar refractivity (Wildman–Crippen MR) is 116 cm³/mol. The third kappa shape index (κ3) is 5.82. The first-order valence-corrected chi connectivity index (χ1v) is 10.8. The minimum Gasteiger partial charge on any atom is -0.489 e. The number of benzene rings is 1. The molecule has 0 spiro atoms. The number of nitriles is 1. The summed E-state index contributed by atoms with van der Waals surface area (Å²) >= 11 is 0. The van der Waals surface area contributed by atoms with Crippen LogP contribution in [0.25, 0.3) is 0 Å². The lowest BCUT2D eigenvalue weighted by atomic mass is 9.93. The van der Waals surface area contributed by atoms with Crippen LogP contribution in [0.2, 0.25) is 0 Å². The minimum atomic E-state index is -0.563. The van der Waals surface area contributed by atoms with Crippen LogP contribution < -0.4 is 14.8 Å². The van der Waals surface area contributed by atoms with Crippen molar-refractivity contribution in [2.45, 2.75) is 45.3 Å². The Morgan fingerprint density at radius 3 is 2.72 bits per heavy atom. The van der Waals surface area contributed by atoms with Crippen molar-refractivity contribution in [2.24, 2.45) is 5.92 Å². The molecule has 174 valence electrons. The Bertz CT molecular complexity index is 889. The fourth-order valence-electron chi connectivity index (χ4n) is 3.78. The monoisotopic (exact) mass is 445 g/mol. The van der Waals surface area contributed by atoms with E-state index in [4.69, 9.17) is 18.9 Å². The Balaban J connectivity index is 1.65. The van der Waals surface area contributed by atoms with Crippen molar-refractivity contribution in [3.05, 3.63) is 23.3 Å². The Morgan fingerprint density at radius 1 is 1.28 bits per heavy atom. The van der Waals surface area contributed by atoms with Crippen molar-refractivity contribution in [3.63, 3.8) is 0 Å². The number of likely N-dealkylation sites (tertiary alicyclic amines) is 1. The van der Waals surface area contributed by atoms with Crippen LogP contribution in [0, 0.1) is 17.2 Å². The third-order valence-corrected chi connectivity index (χ3v) is 5.40. The van der Waals surface area contributed by atoms with E-state index < -0.39 is 5.60 Å². The number of hydrogen-bond acceptors (Lipinski definition) is 7. The Kier molecular flexibility index (Phi) is 7.46. The van der Waals surface area contributed by atoms with Gasteiger partial charge in [0, 0.05) is 38.6 Å². The molecule has 32 heavy (non-hydrogen) atoms. The summed E-state index contributed by atoms with van der Waals surface area (Å²) < 4.78 is 22.5. The molecule has 2 aliphatic rings. The molecule has 1 fully saturated rings. The minimum absolute atomic E-state index is 0.0255. The molecule has 1 saturated heterocycles. The molecule has 1 aromatic carbocycles. The van der Waals surface area contributed by atoms with Gasteiger partial charge in [0.15, 0.2) is 11.5 Å². The number of carbonyl (C=O) groups is 2. The molecule has 3 rings (SSSR count). The highest BCUT2D eigenvalue weighted by molar-refractivity contribution is 5.98. The van der Waals surface area contributed by atoms with Gasteiger partial charge < -0.3 is 29.2 Å². The molecule has 2 aliphatic heterocycles. The average molecular weight is 446 g/mol. The van der Waals surface area contributed by atoms with Crippen molar-refractivity contribution >= 4 is 12.0 Å². The maximum atomic E-state index is 13.0. The number of piperidine rings is 1. The first kappa shape index (κ1) is 23.7. The van der Waals surface area contributed by atoms with E-state index in [2.05, 4.69) is 11.4 Å². The van der Waals surface area contributed by atoms with Gasteiger partial charge in [0.25, 0.3) is 5.91 Å². The summed E-state index contributed by atoms with van der Waals surface area (Å²) in [6.45, 7) is 7.68. The molecule has 1 N–H and O–H groups in total. The van der Waals surface area contributed by atoms with E-state index in [1.165, 1.54) is 6.07 Å². The van der Waals surface area contributed by atoms with Crippen molar-refractivity contribution in [1.29, 1.82) is 5.26 Å². The van der Waals surface area contributed by atoms with Gasteiger partial charge >= 0.3 is 6.09 Å². The van der Waals surface area contributed by atoms with Crippen LogP contribution in [-0.2, 0) is 9.47 Å². The summed E-state index contributed by atoms with van der Waals surface area (Å²) in [4.78, 5) is 27.0.